The SMILES string of the molecule is CN=C(NCc1ccc(C)cc1OCC1CCCO1)NC1CCN(CC(F)(F)F)C1.I. The van der Waals surface area contributed by atoms with Crippen molar-refractivity contribution in [2.75, 3.05) is 39.9 Å². The summed E-state index contributed by atoms with van der Waals surface area (Å²) in [7, 11) is 1.65. The van der Waals surface area contributed by atoms with Crippen LogP contribution in [-0.4, -0.2) is 69.1 Å². The summed E-state index contributed by atoms with van der Waals surface area (Å²) in [5.74, 6) is 1.38. The predicted octanol–water partition coefficient (Wildman–Crippen LogP) is 3.47. The van der Waals surface area contributed by atoms with Crippen molar-refractivity contribution in [3.8, 4) is 5.75 Å². The highest BCUT2D eigenvalue weighted by molar-refractivity contribution is 14.0. The fourth-order valence-electron chi connectivity index (χ4n) is 3.82. The van der Waals surface area contributed by atoms with Crippen molar-refractivity contribution in [1.82, 2.24) is 15.5 Å². The third-order valence-corrected chi connectivity index (χ3v) is 5.36. The van der Waals surface area contributed by atoms with E-state index in [0.717, 1.165) is 36.3 Å². The molecule has 0 aromatic heterocycles. The molecule has 0 amide bonds. The number of rotatable bonds is 7. The van der Waals surface area contributed by atoms with Gasteiger partial charge in [0, 0.05) is 44.9 Å². The molecule has 0 bridgehead atoms. The number of aliphatic imine (C=N–C) groups is 1. The number of hydrogen-bond donors (Lipinski definition) is 2. The number of nitrogens with one attached hydrogen (secondary N) is 2. The van der Waals surface area contributed by atoms with Crippen LogP contribution < -0.4 is 15.4 Å². The summed E-state index contributed by atoms with van der Waals surface area (Å²) in [6, 6.07) is 5.99. The molecule has 2 fully saturated rings. The minimum absolute atomic E-state index is 0. The molecular weight excluding hydrogens is 524 g/mol. The van der Waals surface area contributed by atoms with Crippen LogP contribution >= 0.6 is 24.0 Å². The fraction of sp³-hybridized carbons (Fsp3) is 0.667. The van der Waals surface area contributed by atoms with Crippen molar-refractivity contribution < 1.29 is 22.6 Å². The van der Waals surface area contributed by atoms with Crippen LogP contribution in [0.5, 0.6) is 5.75 Å². The van der Waals surface area contributed by atoms with Crippen LogP contribution in [0.4, 0.5) is 13.2 Å². The third-order valence-electron chi connectivity index (χ3n) is 5.36. The summed E-state index contributed by atoms with van der Waals surface area (Å²) in [6.07, 6.45) is -1.29. The molecule has 2 saturated heterocycles. The van der Waals surface area contributed by atoms with Gasteiger partial charge in [-0.3, -0.25) is 9.89 Å². The number of halogens is 4. The van der Waals surface area contributed by atoms with E-state index in [1.165, 1.54) is 4.90 Å². The number of guanidine groups is 1. The molecule has 1 aromatic rings. The average molecular weight is 556 g/mol. The first-order valence-corrected chi connectivity index (χ1v) is 10.4. The third kappa shape index (κ3) is 8.64. The molecule has 176 valence electrons. The van der Waals surface area contributed by atoms with E-state index < -0.39 is 12.7 Å². The monoisotopic (exact) mass is 556 g/mol. The molecule has 1 aromatic carbocycles. The van der Waals surface area contributed by atoms with E-state index in [1.807, 2.05) is 25.1 Å². The van der Waals surface area contributed by atoms with Crippen LogP contribution in [0.1, 0.15) is 30.4 Å². The Kier molecular flexibility index (Phi) is 10.1. The number of benzene rings is 1. The van der Waals surface area contributed by atoms with Gasteiger partial charge in [-0.1, -0.05) is 12.1 Å². The van der Waals surface area contributed by atoms with Gasteiger partial charge in [0.2, 0.25) is 0 Å². The van der Waals surface area contributed by atoms with Gasteiger partial charge >= 0.3 is 6.18 Å². The summed E-state index contributed by atoms with van der Waals surface area (Å²) in [4.78, 5) is 5.63. The van der Waals surface area contributed by atoms with Crippen molar-refractivity contribution in [2.24, 2.45) is 4.99 Å². The maximum absolute atomic E-state index is 12.6. The zero-order chi connectivity index (χ0) is 21.6. The Balaban J connectivity index is 0.00000341. The molecule has 2 N–H and O–H groups in total. The van der Waals surface area contributed by atoms with Crippen molar-refractivity contribution in [3.63, 3.8) is 0 Å². The lowest BCUT2D eigenvalue weighted by Gasteiger charge is -2.20. The predicted molar refractivity (Wildman–Crippen MR) is 125 cm³/mol. The fourth-order valence-corrected chi connectivity index (χ4v) is 3.82. The molecule has 0 spiro atoms. The van der Waals surface area contributed by atoms with Crippen LogP contribution in [0.3, 0.4) is 0 Å². The summed E-state index contributed by atoms with van der Waals surface area (Å²) in [5.41, 5.74) is 2.10. The minimum Gasteiger partial charge on any atom is -0.491 e. The topological polar surface area (TPSA) is 58.1 Å². The van der Waals surface area contributed by atoms with Gasteiger partial charge in [-0.15, -0.1) is 24.0 Å². The zero-order valence-electron chi connectivity index (χ0n) is 18.0. The largest absolute Gasteiger partial charge is 0.491 e. The van der Waals surface area contributed by atoms with E-state index in [9.17, 15) is 13.2 Å². The molecule has 6 nitrogen and oxygen atoms in total. The molecule has 3 rings (SSSR count). The Bertz CT molecular complexity index is 727. The molecule has 2 aliphatic rings. The second-order valence-electron chi connectivity index (χ2n) is 7.96. The van der Waals surface area contributed by atoms with Gasteiger partial charge in [-0.2, -0.15) is 13.2 Å². The number of likely N-dealkylation sites (tertiary alicyclic amines) is 1. The molecule has 2 heterocycles. The lowest BCUT2D eigenvalue weighted by atomic mass is 10.1. The van der Waals surface area contributed by atoms with Crippen LogP contribution in [0.25, 0.3) is 0 Å². The Hall–Kier alpha value is -1.27. The van der Waals surface area contributed by atoms with E-state index in [2.05, 4.69) is 15.6 Å². The first-order valence-electron chi connectivity index (χ1n) is 10.4. The number of alkyl halides is 3. The van der Waals surface area contributed by atoms with E-state index in [1.54, 1.807) is 7.05 Å². The van der Waals surface area contributed by atoms with Crippen LogP contribution in [-0.2, 0) is 11.3 Å². The zero-order valence-corrected chi connectivity index (χ0v) is 20.3. The van der Waals surface area contributed by atoms with E-state index in [-0.39, 0.29) is 36.1 Å². The van der Waals surface area contributed by atoms with Crippen LogP contribution in [0.15, 0.2) is 23.2 Å². The second-order valence-corrected chi connectivity index (χ2v) is 7.96. The lowest BCUT2D eigenvalue weighted by molar-refractivity contribution is -0.143. The Morgan fingerprint density at radius 3 is 2.81 bits per heavy atom. The van der Waals surface area contributed by atoms with Crippen molar-refractivity contribution in [1.29, 1.82) is 0 Å². The molecule has 31 heavy (non-hydrogen) atoms. The van der Waals surface area contributed by atoms with Gasteiger partial charge in [-0.25, -0.2) is 0 Å². The number of ether oxygens (including phenoxy) is 2. The van der Waals surface area contributed by atoms with Gasteiger partial charge in [0.25, 0.3) is 0 Å². The highest BCUT2D eigenvalue weighted by atomic mass is 127. The first kappa shape index (κ1) is 26.0. The maximum Gasteiger partial charge on any atom is 0.401 e. The Labute approximate surface area is 199 Å². The number of hydrogen-bond acceptors (Lipinski definition) is 4. The Morgan fingerprint density at radius 1 is 1.32 bits per heavy atom. The average Bonchev–Trinajstić information content (AvgIpc) is 3.35. The van der Waals surface area contributed by atoms with Crippen molar-refractivity contribution in [2.45, 2.75) is 51.1 Å². The summed E-state index contributed by atoms with van der Waals surface area (Å²) >= 11 is 0. The van der Waals surface area contributed by atoms with Crippen molar-refractivity contribution in [3.05, 3.63) is 29.3 Å². The van der Waals surface area contributed by atoms with E-state index in [4.69, 9.17) is 9.47 Å². The summed E-state index contributed by atoms with van der Waals surface area (Å²) in [5, 5.41) is 6.48. The van der Waals surface area contributed by atoms with Gasteiger partial charge in [-0.05, 0) is 37.8 Å². The molecule has 2 atom stereocenters. The normalized spacial score (nSPS) is 22.3. The smallest absolute Gasteiger partial charge is 0.401 e. The highest BCUT2D eigenvalue weighted by Crippen LogP contribution is 2.23. The Morgan fingerprint density at radius 2 is 2.13 bits per heavy atom. The molecule has 0 saturated carbocycles. The highest BCUT2D eigenvalue weighted by Gasteiger charge is 2.34. The number of aryl methyl sites for hydroxylation is 1. The minimum atomic E-state index is -4.17. The van der Waals surface area contributed by atoms with E-state index in [0.29, 0.717) is 38.6 Å². The van der Waals surface area contributed by atoms with Gasteiger partial charge in [0.05, 0.1) is 12.6 Å². The molecule has 0 aliphatic carbocycles. The lowest BCUT2D eigenvalue weighted by Crippen LogP contribution is -2.45. The quantitative estimate of drug-likeness (QED) is 0.306. The summed E-state index contributed by atoms with van der Waals surface area (Å²) < 4.78 is 49.4. The van der Waals surface area contributed by atoms with Gasteiger partial charge < -0.3 is 20.1 Å². The molecule has 2 aliphatic heterocycles. The summed E-state index contributed by atoms with van der Waals surface area (Å²) in [6.45, 7) is 3.74. The van der Waals surface area contributed by atoms with E-state index >= 15 is 0 Å². The van der Waals surface area contributed by atoms with Crippen molar-refractivity contribution >= 4 is 29.9 Å². The number of nitrogens with zero attached hydrogens (tertiary/aromatic N) is 2. The van der Waals surface area contributed by atoms with Crippen LogP contribution in [0, 0.1) is 6.92 Å². The first-order chi connectivity index (χ1) is 14.3. The molecule has 0 radical (unpaired) electrons. The standard InChI is InChI=1S/C21H31F3N4O2.HI/c1-15-5-6-16(19(10-15)30-13-18-4-3-9-29-18)11-26-20(25-2)27-17-7-8-28(12-17)14-21(22,23)24;/h5-6,10,17-18H,3-4,7-9,11-14H2,1-2H3,(H2,25,26,27);1H. The van der Waals surface area contributed by atoms with Gasteiger partial charge in [0.1, 0.15) is 12.4 Å². The molecular formula is C21H32F3IN4O2. The maximum atomic E-state index is 12.6. The molecule has 2 unspecified atom stereocenters. The van der Waals surface area contributed by atoms with Gasteiger partial charge in [0.15, 0.2) is 5.96 Å². The molecule has 10 heteroatoms. The van der Waals surface area contributed by atoms with Crippen LogP contribution in [0.2, 0.25) is 0 Å². The second kappa shape index (κ2) is 12.1.